The molecule has 5 nitrogen and oxygen atoms in total. The first-order valence-corrected chi connectivity index (χ1v) is 4.24. The third-order valence-electron chi connectivity index (χ3n) is 1.79. The van der Waals surface area contributed by atoms with E-state index in [1.807, 2.05) is 0 Å². The van der Waals surface area contributed by atoms with Crippen LogP contribution in [-0.2, 0) is 16.1 Å². The summed E-state index contributed by atoms with van der Waals surface area (Å²) in [5.74, 6) is -0.373. The summed E-state index contributed by atoms with van der Waals surface area (Å²) < 4.78 is 6.02. The topological polar surface area (TPSA) is 61.2 Å². The number of aromatic nitrogens is 2. The second kappa shape index (κ2) is 4.55. The van der Waals surface area contributed by atoms with Crippen molar-refractivity contribution < 1.29 is 14.3 Å². The average Bonchev–Trinajstić information content (AvgIpc) is 2.61. The van der Waals surface area contributed by atoms with Gasteiger partial charge in [-0.15, -0.1) is 0 Å². The lowest BCUT2D eigenvalue weighted by Gasteiger charge is -2.03. The largest absolute Gasteiger partial charge is 0.464 e. The molecule has 0 bridgehead atoms. The molecular formula is C9H12N2O3. The molecule has 0 atom stereocenters. The third kappa shape index (κ3) is 2.42. The summed E-state index contributed by atoms with van der Waals surface area (Å²) in [6, 6.07) is 1.56. The van der Waals surface area contributed by atoms with E-state index in [4.69, 9.17) is 0 Å². The summed E-state index contributed by atoms with van der Waals surface area (Å²) in [6.45, 7) is 1.91. The molecule has 1 aromatic heterocycles. The fourth-order valence-corrected chi connectivity index (χ4v) is 1.05. The standard InChI is InChI=1S/C9H12N2O3/c1-7(12)4-6-11-8(3-5-10-11)9(13)14-2/h3,5H,4,6H2,1-2H3. The van der Waals surface area contributed by atoms with E-state index in [1.165, 1.54) is 24.9 Å². The number of carbonyl (C=O) groups is 2. The highest BCUT2D eigenvalue weighted by Gasteiger charge is 2.11. The van der Waals surface area contributed by atoms with Gasteiger partial charge in [0.25, 0.3) is 0 Å². The maximum Gasteiger partial charge on any atom is 0.356 e. The van der Waals surface area contributed by atoms with E-state index < -0.39 is 5.97 Å². The number of rotatable bonds is 4. The molecule has 76 valence electrons. The molecule has 0 fully saturated rings. The number of ether oxygens (including phenoxy) is 1. The Kier molecular flexibility index (Phi) is 3.39. The van der Waals surface area contributed by atoms with Crippen molar-refractivity contribution in [2.24, 2.45) is 0 Å². The quantitative estimate of drug-likeness (QED) is 0.663. The smallest absolute Gasteiger partial charge is 0.356 e. The molecule has 1 rings (SSSR count). The van der Waals surface area contributed by atoms with Crippen molar-refractivity contribution in [3.8, 4) is 0 Å². The molecule has 0 amide bonds. The lowest BCUT2D eigenvalue weighted by atomic mass is 10.3. The zero-order valence-corrected chi connectivity index (χ0v) is 8.19. The van der Waals surface area contributed by atoms with Crippen LogP contribution < -0.4 is 0 Å². The van der Waals surface area contributed by atoms with Crippen molar-refractivity contribution in [2.75, 3.05) is 7.11 Å². The van der Waals surface area contributed by atoms with E-state index >= 15 is 0 Å². The molecule has 0 N–H and O–H groups in total. The lowest BCUT2D eigenvalue weighted by molar-refractivity contribution is -0.117. The Morgan fingerprint density at radius 3 is 2.86 bits per heavy atom. The normalized spacial score (nSPS) is 9.86. The van der Waals surface area contributed by atoms with Gasteiger partial charge < -0.3 is 4.74 Å². The summed E-state index contributed by atoms with van der Waals surface area (Å²) in [7, 11) is 1.31. The molecule has 0 aliphatic heterocycles. The van der Waals surface area contributed by atoms with Gasteiger partial charge in [0.2, 0.25) is 0 Å². The van der Waals surface area contributed by atoms with Gasteiger partial charge in [-0.25, -0.2) is 4.79 Å². The highest BCUT2D eigenvalue weighted by molar-refractivity contribution is 5.87. The summed E-state index contributed by atoms with van der Waals surface area (Å²) in [6.07, 6.45) is 1.87. The maximum absolute atomic E-state index is 11.2. The predicted molar refractivity (Wildman–Crippen MR) is 48.9 cm³/mol. The number of esters is 1. The van der Waals surface area contributed by atoms with E-state index in [1.54, 1.807) is 6.07 Å². The molecule has 0 aliphatic carbocycles. The van der Waals surface area contributed by atoms with Crippen LogP contribution in [0.2, 0.25) is 0 Å². The Balaban J connectivity index is 2.72. The second-order valence-corrected chi connectivity index (χ2v) is 2.88. The number of hydrogen-bond acceptors (Lipinski definition) is 4. The zero-order chi connectivity index (χ0) is 10.6. The Morgan fingerprint density at radius 1 is 1.57 bits per heavy atom. The summed E-state index contributed by atoms with van der Waals surface area (Å²) in [4.78, 5) is 21.9. The maximum atomic E-state index is 11.2. The molecule has 0 unspecified atom stereocenters. The SMILES string of the molecule is COC(=O)c1ccnn1CCC(C)=O. The minimum absolute atomic E-state index is 0.0660. The van der Waals surface area contributed by atoms with Crippen molar-refractivity contribution in [3.63, 3.8) is 0 Å². The van der Waals surface area contributed by atoms with Crippen LogP contribution in [-0.4, -0.2) is 28.6 Å². The predicted octanol–water partition coefficient (Wildman–Crippen LogP) is 0.649. The van der Waals surface area contributed by atoms with Crippen LogP contribution in [0.15, 0.2) is 12.3 Å². The van der Waals surface area contributed by atoms with Gasteiger partial charge in [-0.1, -0.05) is 0 Å². The van der Waals surface area contributed by atoms with Crippen molar-refractivity contribution in [1.29, 1.82) is 0 Å². The molecule has 0 aromatic carbocycles. The number of Topliss-reactive ketones (excluding diaryl/α,β-unsaturated/α-hetero) is 1. The van der Waals surface area contributed by atoms with E-state index in [-0.39, 0.29) is 5.78 Å². The van der Waals surface area contributed by atoms with Crippen LogP contribution in [0.5, 0.6) is 0 Å². The average molecular weight is 196 g/mol. The minimum Gasteiger partial charge on any atom is -0.464 e. The molecule has 1 heterocycles. The number of hydrogen-bond donors (Lipinski definition) is 0. The van der Waals surface area contributed by atoms with Gasteiger partial charge in [0.1, 0.15) is 11.5 Å². The van der Waals surface area contributed by atoms with Gasteiger partial charge in [-0.05, 0) is 13.0 Å². The van der Waals surface area contributed by atoms with E-state index in [0.29, 0.717) is 18.7 Å². The van der Waals surface area contributed by atoms with Gasteiger partial charge in [-0.3, -0.25) is 9.48 Å². The molecule has 0 spiro atoms. The van der Waals surface area contributed by atoms with Crippen LogP contribution in [0.4, 0.5) is 0 Å². The Morgan fingerprint density at radius 2 is 2.29 bits per heavy atom. The summed E-state index contributed by atoms with van der Waals surface area (Å²) >= 11 is 0. The molecule has 0 radical (unpaired) electrons. The van der Waals surface area contributed by atoms with Gasteiger partial charge in [0.15, 0.2) is 0 Å². The van der Waals surface area contributed by atoms with E-state index in [0.717, 1.165) is 0 Å². The van der Waals surface area contributed by atoms with Gasteiger partial charge >= 0.3 is 5.97 Å². The molecule has 5 heteroatoms. The van der Waals surface area contributed by atoms with Crippen LogP contribution >= 0.6 is 0 Å². The number of nitrogens with zero attached hydrogens (tertiary/aromatic N) is 2. The fourth-order valence-electron chi connectivity index (χ4n) is 1.05. The fraction of sp³-hybridized carbons (Fsp3) is 0.444. The first kappa shape index (κ1) is 10.4. The van der Waals surface area contributed by atoms with Crippen LogP contribution in [0.1, 0.15) is 23.8 Å². The molecule has 14 heavy (non-hydrogen) atoms. The van der Waals surface area contributed by atoms with Gasteiger partial charge in [0.05, 0.1) is 7.11 Å². The lowest BCUT2D eigenvalue weighted by Crippen LogP contribution is -2.13. The van der Waals surface area contributed by atoms with Crippen molar-refractivity contribution >= 4 is 11.8 Å². The number of methoxy groups -OCH3 is 1. The molecular weight excluding hydrogens is 184 g/mol. The number of carbonyl (C=O) groups excluding carboxylic acids is 2. The van der Waals surface area contributed by atoms with Gasteiger partial charge in [-0.2, -0.15) is 5.10 Å². The van der Waals surface area contributed by atoms with Crippen molar-refractivity contribution in [1.82, 2.24) is 9.78 Å². The van der Waals surface area contributed by atoms with Crippen LogP contribution in [0.3, 0.4) is 0 Å². The Bertz CT molecular complexity index is 344. The number of ketones is 1. The number of aryl methyl sites for hydroxylation is 1. The monoisotopic (exact) mass is 196 g/mol. The third-order valence-corrected chi connectivity index (χ3v) is 1.79. The van der Waals surface area contributed by atoms with Crippen molar-refractivity contribution in [2.45, 2.75) is 19.9 Å². The molecule has 0 saturated heterocycles. The van der Waals surface area contributed by atoms with Crippen LogP contribution in [0.25, 0.3) is 0 Å². The first-order valence-electron chi connectivity index (χ1n) is 4.24. The highest BCUT2D eigenvalue weighted by Crippen LogP contribution is 2.02. The summed E-state index contributed by atoms with van der Waals surface area (Å²) in [5, 5.41) is 3.92. The Labute approximate surface area is 81.7 Å². The second-order valence-electron chi connectivity index (χ2n) is 2.88. The first-order chi connectivity index (χ1) is 6.65. The zero-order valence-electron chi connectivity index (χ0n) is 8.19. The molecule has 0 saturated carbocycles. The molecule has 1 aromatic rings. The minimum atomic E-state index is -0.439. The highest BCUT2D eigenvalue weighted by atomic mass is 16.5. The summed E-state index contributed by atoms with van der Waals surface area (Å²) in [5.41, 5.74) is 0.369. The van der Waals surface area contributed by atoms with E-state index in [9.17, 15) is 9.59 Å². The van der Waals surface area contributed by atoms with Crippen LogP contribution in [0, 0.1) is 0 Å². The molecule has 0 aliphatic rings. The Hall–Kier alpha value is -1.65. The van der Waals surface area contributed by atoms with Gasteiger partial charge in [0, 0.05) is 19.2 Å². The van der Waals surface area contributed by atoms with Crippen molar-refractivity contribution in [3.05, 3.63) is 18.0 Å². The van der Waals surface area contributed by atoms with E-state index in [2.05, 4.69) is 9.84 Å².